The second-order valence-electron chi connectivity index (χ2n) is 9.58. The lowest BCUT2D eigenvalue weighted by atomic mass is 10.0. The highest BCUT2D eigenvalue weighted by molar-refractivity contribution is 7.97. The average molecular weight is 492 g/mol. The van der Waals surface area contributed by atoms with Gasteiger partial charge in [0.1, 0.15) is 17.7 Å². The lowest BCUT2D eigenvalue weighted by Gasteiger charge is -2.29. The first-order valence-electron chi connectivity index (χ1n) is 12.0. The number of hydrogen-bond donors (Lipinski definition) is 1. The van der Waals surface area contributed by atoms with Crippen molar-refractivity contribution in [2.45, 2.75) is 49.7 Å². The first-order chi connectivity index (χ1) is 16.9. The molecule has 2 aliphatic heterocycles. The zero-order valence-electron chi connectivity index (χ0n) is 19.8. The number of rotatable bonds is 7. The van der Waals surface area contributed by atoms with E-state index in [1.807, 2.05) is 62.4 Å². The van der Waals surface area contributed by atoms with Gasteiger partial charge in [-0.05, 0) is 55.0 Å². The van der Waals surface area contributed by atoms with Crippen LogP contribution in [0.5, 0.6) is 0 Å². The molecular formula is C27H29N3O4S. The Bertz CT molecular complexity index is 1210. The summed E-state index contributed by atoms with van der Waals surface area (Å²) in [5.41, 5.74) is 0.624. The molecule has 2 aliphatic rings. The molecule has 2 amide bonds. The highest BCUT2D eigenvalue weighted by Gasteiger charge is 2.51. The number of nitrogens with zero attached hydrogens (tertiary/aromatic N) is 2. The molecule has 3 atom stereocenters. The molecule has 8 heteroatoms. The maximum atomic E-state index is 13.7. The number of benzene rings is 2. The molecular weight excluding hydrogens is 462 g/mol. The summed E-state index contributed by atoms with van der Waals surface area (Å²) < 4.78 is 7.79. The topological polar surface area (TPSA) is 82.9 Å². The first-order valence-corrected chi connectivity index (χ1v) is 12.8. The largest absolute Gasteiger partial charge is 0.451 e. The Labute approximate surface area is 209 Å². The Kier molecular flexibility index (Phi) is 6.67. The number of likely N-dealkylation sites (tertiary alicyclic amines) is 1. The molecule has 2 saturated heterocycles. The molecule has 0 spiro atoms. The van der Waals surface area contributed by atoms with Crippen molar-refractivity contribution in [3.05, 3.63) is 66.4 Å². The maximum absolute atomic E-state index is 13.7. The SMILES string of the molecule is CC(C)C[C@H](NC(=O)c1cc2ccccc2o1)C(=O)N1CC[C@@H]2[C@H]1C(=O)CN2Sc1ccccc1. The molecule has 5 rings (SSSR count). The fourth-order valence-corrected chi connectivity index (χ4v) is 6.11. The van der Waals surface area contributed by atoms with Crippen molar-refractivity contribution in [1.29, 1.82) is 0 Å². The van der Waals surface area contributed by atoms with Crippen LogP contribution in [0.4, 0.5) is 0 Å². The van der Waals surface area contributed by atoms with E-state index in [0.717, 1.165) is 16.7 Å². The van der Waals surface area contributed by atoms with Crippen LogP contribution in [0.2, 0.25) is 0 Å². The van der Waals surface area contributed by atoms with Gasteiger partial charge in [0.15, 0.2) is 11.5 Å². The van der Waals surface area contributed by atoms with E-state index in [2.05, 4.69) is 9.62 Å². The van der Waals surface area contributed by atoms with E-state index in [9.17, 15) is 14.4 Å². The number of carbonyl (C=O) groups is 3. The minimum Gasteiger partial charge on any atom is -0.451 e. The number of ketones is 1. The summed E-state index contributed by atoms with van der Waals surface area (Å²) in [6.45, 7) is 4.83. The van der Waals surface area contributed by atoms with Crippen molar-refractivity contribution in [2.24, 2.45) is 5.92 Å². The number of amides is 2. The molecule has 0 aliphatic carbocycles. The summed E-state index contributed by atoms with van der Waals surface area (Å²) in [5.74, 6) is -0.209. The Hall–Kier alpha value is -3.10. The second-order valence-corrected chi connectivity index (χ2v) is 10.7. The lowest BCUT2D eigenvalue weighted by Crippen LogP contribution is -2.52. The molecule has 35 heavy (non-hydrogen) atoms. The van der Waals surface area contributed by atoms with Gasteiger partial charge >= 0.3 is 0 Å². The van der Waals surface area contributed by atoms with Crippen LogP contribution in [-0.2, 0) is 9.59 Å². The van der Waals surface area contributed by atoms with Crippen LogP contribution in [-0.4, -0.2) is 58.0 Å². The molecule has 0 radical (unpaired) electrons. The van der Waals surface area contributed by atoms with Crippen molar-refractivity contribution in [3.63, 3.8) is 0 Å². The van der Waals surface area contributed by atoms with Crippen molar-refractivity contribution in [3.8, 4) is 0 Å². The highest BCUT2D eigenvalue weighted by Crippen LogP contribution is 2.37. The van der Waals surface area contributed by atoms with Crippen molar-refractivity contribution in [1.82, 2.24) is 14.5 Å². The van der Waals surface area contributed by atoms with E-state index < -0.39 is 18.0 Å². The van der Waals surface area contributed by atoms with Gasteiger partial charge in [0.25, 0.3) is 5.91 Å². The lowest BCUT2D eigenvalue weighted by molar-refractivity contribution is -0.138. The monoisotopic (exact) mass is 491 g/mol. The smallest absolute Gasteiger partial charge is 0.287 e. The molecule has 0 bridgehead atoms. The van der Waals surface area contributed by atoms with Gasteiger partial charge in [0.05, 0.1) is 12.6 Å². The Morgan fingerprint density at radius 1 is 1.11 bits per heavy atom. The van der Waals surface area contributed by atoms with Gasteiger partial charge in [-0.2, -0.15) is 0 Å². The maximum Gasteiger partial charge on any atom is 0.287 e. The summed E-state index contributed by atoms with van der Waals surface area (Å²) in [7, 11) is 0. The van der Waals surface area contributed by atoms with Gasteiger partial charge in [0, 0.05) is 16.8 Å². The predicted octanol–water partition coefficient (Wildman–Crippen LogP) is 4.14. The van der Waals surface area contributed by atoms with E-state index in [0.29, 0.717) is 25.1 Å². The van der Waals surface area contributed by atoms with Crippen molar-refractivity contribution in [2.75, 3.05) is 13.1 Å². The third-order valence-electron chi connectivity index (χ3n) is 6.59. The van der Waals surface area contributed by atoms with Gasteiger partial charge in [-0.25, -0.2) is 4.31 Å². The van der Waals surface area contributed by atoms with Crippen molar-refractivity contribution >= 4 is 40.5 Å². The van der Waals surface area contributed by atoms with Gasteiger partial charge in [-0.1, -0.05) is 50.2 Å². The number of hydrogen-bond acceptors (Lipinski definition) is 6. The quantitative estimate of drug-likeness (QED) is 0.500. The third kappa shape index (κ3) is 4.86. The summed E-state index contributed by atoms with van der Waals surface area (Å²) >= 11 is 1.57. The van der Waals surface area contributed by atoms with E-state index in [-0.39, 0.29) is 29.4 Å². The van der Waals surface area contributed by atoms with Crippen LogP contribution < -0.4 is 5.32 Å². The molecule has 3 aromatic rings. The van der Waals surface area contributed by atoms with E-state index >= 15 is 0 Å². The summed E-state index contributed by atoms with van der Waals surface area (Å²) in [6, 6.07) is 17.8. The standard InChI is InChI=1S/C27H29N3O4S/c1-17(2)14-20(28-26(32)24-15-18-8-6-7-11-23(18)34-24)27(33)29-13-12-21-25(29)22(31)16-30(21)35-19-9-4-3-5-10-19/h3-11,15,17,20-21,25H,12-14,16H2,1-2H3,(H,28,32)/t20-,21+,25-/m0/s1. The van der Waals surface area contributed by atoms with Gasteiger partial charge in [0.2, 0.25) is 5.91 Å². The minimum atomic E-state index is -0.724. The van der Waals surface area contributed by atoms with Crippen LogP contribution in [0, 0.1) is 5.92 Å². The molecule has 1 aromatic heterocycles. The Morgan fingerprint density at radius 3 is 2.60 bits per heavy atom. The average Bonchev–Trinajstić information content (AvgIpc) is 3.54. The van der Waals surface area contributed by atoms with Gasteiger partial charge in [-0.3, -0.25) is 14.4 Å². The third-order valence-corrected chi connectivity index (χ3v) is 7.70. The van der Waals surface area contributed by atoms with Gasteiger partial charge < -0.3 is 14.6 Å². The normalized spacial score (nSPS) is 21.0. The molecule has 0 unspecified atom stereocenters. The molecule has 2 fully saturated rings. The number of para-hydroxylation sites is 1. The fourth-order valence-electron chi connectivity index (χ4n) is 5.01. The number of Topliss-reactive ketones (excluding diaryl/α,β-unsaturated/α-hetero) is 1. The second kappa shape index (κ2) is 9.87. The Morgan fingerprint density at radius 2 is 1.86 bits per heavy atom. The molecule has 0 saturated carbocycles. The summed E-state index contributed by atoms with van der Waals surface area (Å²) in [4.78, 5) is 42.5. The van der Waals surface area contributed by atoms with Crippen LogP contribution in [0.15, 0.2) is 70.0 Å². The summed E-state index contributed by atoms with van der Waals surface area (Å²) in [6.07, 6.45) is 1.21. The summed E-state index contributed by atoms with van der Waals surface area (Å²) in [5, 5.41) is 3.73. The van der Waals surface area contributed by atoms with Crippen LogP contribution in [0.1, 0.15) is 37.2 Å². The molecule has 2 aromatic carbocycles. The Balaban J connectivity index is 1.31. The number of nitrogens with one attached hydrogen (secondary N) is 1. The zero-order valence-corrected chi connectivity index (χ0v) is 20.7. The van der Waals surface area contributed by atoms with E-state index in [1.54, 1.807) is 29.0 Å². The molecule has 7 nitrogen and oxygen atoms in total. The number of fused-ring (bicyclic) bond motifs is 2. The van der Waals surface area contributed by atoms with Crippen LogP contribution in [0.25, 0.3) is 11.0 Å². The minimum absolute atomic E-state index is 0.0255. The van der Waals surface area contributed by atoms with Crippen molar-refractivity contribution < 1.29 is 18.8 Å². The van der Waals surface area contributed by atoms with Crippen LogP contribution >= 0.6 is 11.9 Å². The molecule has 182 valence electrons. The number of furan rings is 1. The van der Waals surface area contributed by atoms with E-state index in [1.165, 1.54) is 0 Å². The highest BCUT2D eigenvalue weighted by atomic mass is 32.2. The molecule has 3 heterocycles. The number of carbonyl (C=O) groups excluding carboxylic acids is 3. The zero-order chi connectivity index (χ0) is 24.5. The predicted molar refractivity (Wildman–Crippen MR) is 135 cm³/mol. The molecule has 1 N–H and O–H groups in total. The first kappa shape index (κ1) is 23.6. The van der Waals surface area contributed by atoms with Gasteiger partial charge in [-0.15, -0.1) is 0 Å². The fraction of sp³-hybridized carbons (Fsp3) is 0.370. The van der Waals surface area contributed by atoms with E-state index in [4.69, 9.17) is 4.42 Å². The van der Waals surface area contributed by atoms with Crippen LogP contribution in [0.3, 0.4) is 0 Å².